The summed E-state index contributed by atoms with van der Waals surface area (Å²) in [7, 11) is 1.65. The molecule has 0 aliphatic rings. The van der Waals surface area contributed by atoms with Gasteiger partial charge in [0.2, 0.25) is 0 Å². The van der Waals surface area contributed by atoms with Crippen LogP contribution < -0.4 is 4.74 Å². The highest BCUT2D eigenvalue weighted by atomic mass is 32.2. The third kappa shape index (κ3) is 4.43. The third-order valence-electron chi connectivity index (χ3n) is 2.53. The van der Waals surface area contributed by atoms with Crippen molar-refractivity contribution in [3.63, 3.8) is 0 Å². The molecule has 0 spiro atoms. The molecule has 0 atom stereocenters. The predicted molar refractivity (Wildman–Crippen MR) is 83.5 cm³/mol. The van der Waals surface area contributed by atoms with Crippen LogP contribution in [0.4, 0.5) is 0 Å². The first-order chi connectivity index (χ1) is 9.67. The minimum absolute atomic E-state index is 0.853. The van der Waals surface area contributed by atoms with E-state index in [4.69, 9.17) is 9.84 Å². The van der Waals surface area contributed by atoms with Gasteiger partial charge < -0.3 is 9.84 Å². The summed E-state index contributed by atoms with van der Waals surface area (Å²) in [5, 5.41) is 10.5. The first kappa shape index (κ1) is 14.7. The first-order valence-electron chi connectivity index (χ1n) is 5.92. The maximum Gasteiger partial charge on any atom is 0.328 e. The standard InChI is InChI=1S/C15H14O3S2/c1-18-12-3-5-13(6-4-12)20-10-14-8-11(9-19-14)2-7-15(16)17/h2-9H,10H2,1H3,(H,16,17). The average Bonchev–Trinajstić information content (AvgIpc) is 2.91. The van der Waals surface area contributed by atoms with Crippen LogP contribution in [0.2, 0.25) is 0 Å². The van der Waals surface area contributed by atoms with Gasteiger partial charge in [0.1, 0.15) is 5.75 Å². The Hall–Kier alpha value is -1.72. The number of hydrogen-bond acceptors (Lipinski definition) is 4. The molecule has 5 heteroatoms. The van der Waals surface area contributed by atoms with Crippen LogP contribution in [-0.2, 0) is 10.5 Å². The smallest absolute Gasteiger partial charge is 0.328 e. The number of aliphatic carboxylic acids is 1. The summed E-state index contributed by atoms with van der Waals surface area (Å²) >= 11 is 3.38. The maximum absolute atomic E-state index is 10.4. The number of methoxy groups -OCH3 is 1. The number of hydrogen-bond donors (Lipinski definition) is 1. The maximum atomic E-state index is 10.4. The van der Waals surface area contributed by atoms with E-state index in [0.29, 0.717) is 0 Å². The Kier molecular flexibility index (Phi) is 5.26. The summed E-state index contributed by atoms with van der Waals surface area (Å²) < 4.78 is 5.12. The van der Waals surface area contributed by atoms with E-state index in [2.05, 4.69) is 0 Å². The Morgan fingerprint density at radius 3 is 2.80 bits per heavy atom. The van der Waals surface area contributed by atoms with E-state index in [1.54, 1.807) is 36.3 Å². The molecule has 0 radical (unpaired) electrons. The fourth-order valence-corrected chi connectivity index (χ4v) is 3.36. The number of carboxylic acid groups (broad SMARTS) is 1. The van der Waals surface area contributed by atoms with E-state index in [-0.39, 0.29) is 0 Å². The topological polar surface area (TPSA) is 46.5 Å². The van der Waals surface area contributed by atoms with E-state index < -0.39 is 5.97 Å². The van der Waals surface area contributed by atoms with Crippen molar-refractivity contribution < 1.29 is 14.6 Å². The fraction of sp³-hybridized carbons (Fsp3) is 0.133. The molecule has 1 N–H and O–H groups in total. The van der Waals surface area contributed by atoms with Crippen molar-refractivity contribution in [2.45, 2.75) is 10.6 Å². The lowest BCUT2D eigenvalue weighted by Gasteiger charge is -2.02. The van der Waals surface area contributed by atoms with E-state index in [1.165, 1.54) is 9.77 Å². The molecule has 0 amide bonds. The van der Waals surface area contributed by atoms with Crippen LogP contribution in [0.5, 0.6) is 5.75 Å². The summed E-state index contributed by atoms with van der Waals surface area (Å²) in [4.78, 5) is 12.8. The summed E-state index contributed by atoms with van der Waals surface area (Å²) in [6, 6.07) is 9.96. The highest BCUT2D eigenvalue weighted by Gasteiger charge is 2.01. The lowest BCUT2D eigenvalue weighted by atomic mass is 10.3. The molecule has 3 nitrogen and oxygen atoms in total. The summed E-state index contributed by atoms with van der Waals surface area (Å²) in [5.74, 6) is 0.801. The van der Waals surface area contributed by atoms with Crippen molar-refractivity contribution in [1.29, 1.82) is 0 Å². The van der Waals surface area contributed by atoms with Crippen LogP contribution in [-0.4, -0.2) is 18.2 Å². The Bertz CT molecular complexity index is 600. The Balaban J connectivity index is 1.91. The molecule has 1 heterocycles. The van der Waals surface area contributed by atoms with Gasteiger partial charge in [0.25, 0.3) is 0 Å². The van der Waals surface area contributed by atoms with E-state index >= 15 is 0 Å². The number of rotatable bonds is 6. The van der Waals surface area contributed by atoms with Gasteiger partial charge in [-0.1, -0.05) is 0 Å². The molecular formula is C15H14O3S2. The molecule has 0 fully saturated rings. The molecule has 20 heavy (non-hydrogen) atoms. The van der Waals surface area contributed by atoms with Gasteiger partial charge in [0.15, 0.2) is 0 Å². The van der Waals surface area contributed by atoms with Gasteiger partial charge in [0.05, 0.1) is 7.11 Å². The Morgan fingerprint density at radius 2 is 2.15 bits per heavy atom. The minimum Gasteiger partial charge on any atom is -0.497 e. The average molecular weight is 306 g/mol. The van der Waals surface area contributed by atoms with Crippen LogP contribution in [0, 0.1) is 0 Å². The second-order valence-electron chi connectivity index (χ2n) is 3.98. The number of thioether (sulfide) groups is 1. The molecule has 1 aromatic carbocycles. The molecule has 0 aliphatic carbocycles. The van der Waals surface area contributed by atoms with E-state index in [9.17, 15) is 4.79 Å². The number of ether oxygens (including phenoxy) is 1. The fourth-order valence-electron chi connectivity index (χ4n) is 1.55. The van der Waals surface area contributed by atoms with Gasteiger partial charge in [-0.15, -0.1) is 23.1 Å². The Labute approximate surface area is 125 Å². The van der Waals surface area contributed by atoms with Crippen LogP contribution in [0.15, 0.2) is 46.7 Å². The van der Waals surface area contributed by atoms with Crippen LogP contribution >= 0.6 is 23.1 Å². The van der Waals surface area contributed by atoms with Gasteiger partial charge in [-0.3, -0.25) is 0 Å². The van der Waals surface area contributed by atoms with E-state index in [0.717, 1.165) is 23.1 Å². The molecule has 1 aromatic heterocycles. The van der Waals surface area contributed by atoms with Crippen molar-refractivity contribution in [2.24, 2.45) is 0 Å². The van der Waals surface area contributed by atoms with Crippen LogP contribution in [0.25, 0.3) is 6.08 Å². The summed E-state index contributed by atoms with van der Waals surface area (Å²) in [6.07, 6.45) is 2.77. The number of carbonyl (C=O) groups is 1. The molecule has 0 bridgehead atoms. The zero-order chi connectivity index (χ0) is 14.4. The third-order valence-corrected chi connectivity index (χ3v) is 4.73. The van der Waals surface area contributed by atoms with Gasteiger partial charge >= 0.3 is 5.97 Å². The lowest BCUT2D eigenvalue weighted by Crippen LogP contribution is -1.84. The molecule has 0 unspecified atom stereocenters. The predicted octanol–water partition coefficient (Wildman–Crippen LogP) is 4.15. The zero-order valence-electron chi connectivity index (χ0n) is 10.9. The number of carboxylic acids is 1. The quantitative estimate of drug-likeness (QED) is 0.643. The van der Waals surface area contributed by atoms with Crippen molar-refractivity contribution >= 4 is 35.1 Å². The zero-order valence-corrected chi connectivity index (χ0v) is 12.5. The molecular weight excluding hydrogens is 292 g/mol. The second kappa shape index (κ2) is 7.17. The normalized spacial score (nSPS) is 10.8. The molecule has 2 rings (SSSR count). The lowest BCUT2D eigenvalue weighted by molar-refractivity contribution is -0.131. The first-order valence-corrected chi connectivity index (χ1v) is 7.79. The van der Waals surface area contributed by atoms with Crippen molar-refractivity contribution in [1.82, 2.24) is 0 Å². The summed E-state index contributed by atoms with van der Waals surface area (Å²) in [6.45, 7) is 0. The van der Waals surface area contributed by atoms with Gasteiger partial charge in [0, 0.05) is 21.6 Å². The molecule has 104 valence electrons. The van der Waals surface area contributed by atoms with E-state index in [1.807, 2.05) is 35.7 Å². The molecule has 0 aliphatic heterocycles. The van der Waals surface area contributed by atoms with Crippen molar-refractivity contribution in [3.05, 3.63) is 52.2 Å². The van der Waals surface area contributed by atoms with Crippen molar-refractivity contribution in [3.8, 4) is 5.75 Å². The Morgan fingerprint density at radius 1 is 1.40 bits per heavy atom. The minimum atomic E-state index is -0.926. The van der Waals surface area contributed by atoms with Gasteiger partial charge in [-0.2, -0.15) is 0 Å². The molecule has 0 saturated heterocycles. The molecule has 0 saturated carbocycles. The van der Waals surface area contributed by atoms with Crippen molar-refractivity contribution in [2.75, 3.05) is 7.11 Å². The number of thiophene rings is 1. The monoisotopic (exact) mass is 306 g/mol. The second-order valence-corrected chi connectivity index (χ2v) is 6.03. The summed E-state index contributed by atoms with van der Waals surface area (Å²) in [5.41, 5.74) is 0.933. The van der Waals surface area contributed by atoms with Crippen LogP contribution in [0.3, 0.4) is 0 Å². The molecule has 2 aromatic rings. The van der Waals surface area contributed by atoms with Gasteiger partial charge in [-0.05, 0) is 47.4 Å². The largest absolute Gasteiger partial charge is 0.497 e. The van der Waals surface area contributed by atoms with Crippen LogP contribution in [0.1, 0.15) is 10.4 Å². The number of benzene rings is 1. The van der Waals surface area contributed by atoms with Gasteiger partial charge in [-0.25, -0.2) is 4.79 Å². The SMILES string of the molecule is COc1ccc(SCc2cc(C=CC(=O)O)cs2)cc1. The highest BCUT2D eigenvalue weighted by molar-refractivity contribution is 7.98. The highest BCUT2D eigenvalue weighted by Crippen LogP contribution is 2.28.